The molecular formula is C21H24ClN3O5S. The van der Waals surface area contributed by atoms with E-state index in [9.17, 15) is 18.0 Å². The van der Waals surface area contributed by atoms with Crippen molar-refractivity contribution in [3.8, 4) is 5.75 Å². The fourth-order valence-electron chi connectivity index (χ4n) is 3.37. The molecule has 0 radical (unpaired) electrons. The van der Waals surface area contributed by atoms with Crippen LogP contribution in [0.1, 0.15) is 30.1 Å². The van der Waals surface area contributed by atoms with Gasteiger partial charge in [0.15, 0.2) is 0 Å². The van der Waals surface area contributed by atoms with Crippen LogP contribution >= 0.6 is 11.6 Å². The number of hydrogen-bond acceptors (Lipinski definition) is 5. The van der Waals surface area contributed by atoms with Crippen molar-refractivity contribution >= 4 is 39.1 Å². The number of piperidine rings is 1. The fraction of sp³-hybridized carbons (Fsp3) is 0.333. The summed E-state index contributed by atoms with van der Waals surface area (Å²) in [5.74, 6) is -0.390. The van der Waals surface area contributed by atoms with E-state index in [4.69, 9.17) is 22.1 Å². The first-order chi connectivity index (χ1) is 14.7. The number of anilines is 1. The van der Waals surface area contributed by atoms with Crippen LogP contribution in [0.3, 0.4) is 0 Å². The molecule has 0 saturated carbocycles. The van der Waals surface area contributed by atoms with Crippen molar-refractivity contribution in [1.29, 1.82) is 0 Å². The van der Waals surface area contributed by atoms with Crippen LogP contribution in [0.25, 0.3) is 0 Å². The minimum absolute atomic E-state index is 0.0823. The molecule has 31 heavy (non-hydrogen) atoms. The Kier molecular flexibility index (Phi) is 7.07. The summed E-state index contributed by atoms with van der Waals surface area (Å²) in [5, 5.41) is 0.155. The zero-order chi connectivity index (χ0) is 22.6. The molecule has 0 bridgehead atoms. The second kappa shape index (κ2) is 9.57. The number of carbonyl (C=O) groups is 2. The quantitative estimate of drug-likeness (QED) is 0.651. The van der Waals surface area contributed by atoms with Gasteiger partial charge in [0.2, 0.25) is 5.91 Å². The molecule has 0 spiro atoms. The summed E-state index contributed by atoms with van der Waals surface area (Å²) >= 11 is 6.20. The van der Waals surface area contributed by atoms with Crippen LogP contribution < -0.4 is 15.2 Å². The number of likely N-dealkylation sites (tertiary alicyclic amines) is 1. The maximum absolute atomic E-state index is 12.9. The SMILES string of the molecule is CCOc1ccc(NS(=O)(=O)c2ccc(Cl)c(C(=O)N3CCC(C(N)=O)CC3)c2)cc1. The van der Waals surface area contributed by atoms with E-state index in [2.05, 4.69) is 4.72 Å². The van der Waals surface area contributed by atoms with E-state index in [-0.39, 0.29) is 33.2 Å². The minimum Gasteiger partial charge on any atom is -0.494 e. The number of nitrogens with two attached hydrogens (primary N) is 1. The number of hydrogen-bond donors (Lipinski definition) is 2. The monoisotopic (exact) mass is 465 g/mol. The standard InChI is InChI=1S/C21H24ClN3O5S/c1-2-30-16-5-3-15(4-6-16)24-31(28,29)17-7-8-19(22)18(13-17)21(27)25-11-9-14(10-12-25)20(23)26/h3-8,13-14,24H,2,9-12H2,1H3,(H2,23,26). The number of benzene rings is 2. The molecule has 1 heterocycles. The van der Waals surface area contributed by atoms with Gasteiger partial charge in [-0.1, -0.05) is 11.6 Å². The number of rotatable bonds is 7. The first-order valence-electron chi connectivity index (χ1n) is 9.85. The lowest BCUT2D eigenvalue weighted by molar-refractivity contribution is -0.123. The molecular weight excluding hydrogens is 442 g/mol. The molecule has 8 nitrogen and oxygen atoms in total. The molecule has 2 amide bonds. The molecule has 0 aromatic heterocycles. The Morgan fingerprint density at radius 2 is 1.81 bits per heavy atom. The molecule has 0 aliphatic carbocycles. The maximum Gasteiger partial charge on any atom is 0.261 e. The van der Waals surface area contributed by atoms with Gasteiger partial charge in [-0.3, -0.25) is 14.3 Å². The van der Waals surface area contributed by atoms with E-state index in [1.165, 1.54) is 18.2 Å². The van der Waals surface area contributed by atoms with Crippen LogP contribution in [-0.2, 0) is 14.8 Å². The van der Waals surface area contributed by atoms with Crippen LogP contribution in [0.2, 0.25) is 5.02 Å². The van der Waals surface area contributed by atoms with E-state index in [0.29, 0.717) is 44.0 Å². The van der Waals surface area contributed by atoms with Crippen molar-refractivity contribution in [2.75, 3.05) is 24.4 Å². The van der Waals surface area contributed by atoms with Gasteiger partial charge in [-0.15, -0.1) is 0 Å². The number of nitrogens with one attached hydrogen (secondary N) is 1. The number of primary amides is 1. The van der Waals surface area contributed by atoms with Crippen LogP contribution in [0.4, 0.5) is 5.69 Å². The number of nitrogens with zero attached hydrogens (tertiary/aromatic N) is 1. The third kappa shape index (κ3) is 5.48. The largest absolute Gasteiger partial charge is 0.494 e. The van der Waals surface area contributed by atoms with Gasteiger partial charge in [-0.05, 0) is 62.2 Å². The second-order valence-corrected chi connectivity index (χ2v) is 9.26. The lowest BCUT2D eigenvalue weighted by Crippen LogP contribution is -2.41. The summed E-state index contributed by atoms with van der Waals surface area (Å²) in [6.45, 7) is 3.07. The average Bonchev–Trinajstić information content (AvgIpc) is 2.75. The van der Waals surface area contributed by atoms with Crippen molar-refractivity contribution in [3.63, 3.8) is 0 Å². The molecule has 3 N–H and O–H groups in total. The van der Waals surface area contributed by atoms with Gasteiger partial charge in [-0.2, -0.15) is 0 Å². The lowest BCUT2D eigenvalue weighted by Gasteiger charge is -2.30. The van der Waals surface area contributed by atoms with Crippen LogP contribution in [0.15, 0.2) is 47.4 Å². The van der Waals surface area contributed by atoms with Gasteiger partial charge in [0, 0.05) is 24.7 Å². The molecule has 1 aliphatic heterocycles. The minimum atomic E-state index is -3.94. The number of halogens is 1. The molecule has 3 rings (SSSR count). The predicted molar refractivity (Wildman–Crippen MR) is 118 cm³/mol. The summed E-state index contributed by atoms with van der Waals surface area (Å²) in [5.41, 5.74) is 5.79. The fourth-order valence-corrected chi connectivity index (χ4v) is 4.66. The molecule has 0 atom stereocenters. The van der Waals surface area contributed by atoms with E-state index in [0.717, 1.165) is 0 Å². The van der Waals surface area contributed by atoms with E-state index in [1.54, 1.807) is 29.2 Å². The highest BCUT2D eigenvalue weighted by molar-refractivity contribution is 7.92. The summed E-state index contributed by atoms with van der Waals surface area (Å²) in [7, 11) is -3.94. The zero-order valence-corrected chi connectivity index (χ0v) is 18.6. The van der Waals surface area contributed by atoms with Gasteiger partial charge < -0.3 is 15.4 Å². The second-order valence-electron chi connectivity index (χ2n) is 7.17. The highest BCUT2D eigenvalue weighted by atomic mass is 35.5. The molecule has 0 unspecified atom stereocenters. The Balaban J connectivity index is 1.78. The van der Waals surface area contributed by atoms with Crippen LogP contribution in [0, 0.1) is 5.92 Å². The van der Waals surface area contributed by atoms with Gasteiger partial charge in [-0.25, -0.2) is 8.42 Å². The van der Waals surface area contributed by atoms with Crippen molar-refractivity contribution in [2.45, 2.75) is 24.7 Å². The number of carbonyl (C=O) groups excluding carboxylic acids is 2. The van der Waals surface area contributed by atoms with Gasteiger partial charge in [0.1, 0.15) is 5.75 Å². The first-order valence-corrected chi connectivity index (χ1v) is 11.7. The van der Waals surface area contributed by atoms with Gasteiger partial charge in [0.25, 0.3) is 15.9 Å². The third-order valence-electron chi connectivity index (χ3n) is 5.08. The Bertz CT molecular complexity index is 1060. The smallest absolute Gasteiger partial charge is 0.261 e. The number of ether oxygens (including phenoxy) is 1. The van der Waals surface area contributed by atoms with E-state index < -0.39 is 10.0 Å². The molecule has 10 heteroatoms. The maximum atomic E-state index is 12.9. The van der Waals surface area contributed by atoms with Crippen molar-refractivity contribution in [3.05, 3.63) is 53.1 Å². The Hall–Kier alpha value is -2.78. The van der Waals surface area contributed by atoms with Crippen molar-refractivity contribution in [1.82, 2.24) is 4.90 Å². The molecule has 166 valence electrons. The summed E-state index contributed by atoms with van der Waals surface area (Å²) in [6.07, 6.45) is 0.936. The highest BCUT2D eigenvalue weighted by Gasteiger charge is 2.28. The Morgan fingerprint density at radius 3 is 2.39 bits per heavy atom. The molecule has 1 aliphatic rings. The Labute approximate surface area is 186 Å². The third-order valence-corrected chi connectivity index (χ3v) is 6.79. The molecule has 2 aromatic carbocycles. The Morgan fingerprint density at radius 1 is 1.16 bits per heavy atom. The lowest BCUT2D eigenvalue weighted by atomic mass is 9.96. The summed E-state index contributed by atoms with van der Waals surface area (Å²) in [6, 6.07) is 10.5. The molecule has 1 fully saturated rings. The number of amides is 2. The number of sulfonamides is 1. The normalized spacial score (nSPS) is 14.8. The summed E-state index contributed by atoms with van der Waals surface area (Å²) in [4.78, 5) is 25.7. The van der Waals surface area contributed by atoms with Crippen LogP contribution in [0.5, 0.6) is 5.75 Å². The zero-order valence-electron chi connectivity index (χ0n) is 17.0. The average molecular weight is 466 g/mol. The van der Waals surface area contributed by atoms with Crippen LogP contribution in [-0.4, -0.2) is 44.8 Å². The first kappa shape index (κ1) is 22.9. The van der Waals surface area contributed by atoms with E-state index >= 15 is 0 Å². The van der Waals surface area contributed by atoms with Gasteiger partial charge in [0.05, 0.1) is 22.1 Å². The van der Waals surface area contributed by atoms with Crippen molar-refractivity contribution in [2.24, 2.45) is 11.7 Å². The summed E-state index contributed by atoms with van der Waals surface area (Å²) < 4.78 is 33.5. The highest BCUT2D eigenvalue weighted by Crippen LogP contribution is 2.26. The molecule has 1 saturated heterocycles. The van der Waals surface area contributed by atoms with E-state index in [1.807, 2.05) is 6.92 Å². The topological polar surface area (TPSA) is 119 Å². The molecule has 2 aromatic rings. The predicted octanol–water partition coefficient (Wildman–Crippen LogP) is 2.88. The van der Waals surface area contributed by atoms with Crippen molar-refractivity contribution < 1.29 is 22.7 Å². The van der Waals surface area contributed by atoms with Gasteiger partial charge >= 0.3 is 0 Å².